The van der Waals surface area contributed by atoms with E-state index in [0.29, 0.717) is 21.1 Å². The number of nitrogens with two attached hydrogens (primary N) is 1. The highest BCUT2D eigenvalue weighted by Crippen LogP contribution is 2.20. The third-order valence-electron chi connectivity index (χ3n) is 2.95. The highest BCUT2D eigenvalue weighted by Gasteiger charge is 2.03. The topological polar surface area (TPSA) is 84.7 Å². The fraction of sp³-hybridized carbons (Fsp3) is 0. The van der Waals surface area contributed by atoms with E-state index in [4.69, 9.17) is 28.9 Å². The van der Waals surface area contributed by atoms with Crippen molar-refractivity contribution in [2.45, 2.75) is 0 Å². The molecule has 0 aliphatic carbocycles. The van der Waals surface area contributed by atoms with Crippen LogP contribution in [0.3, 0.4) is 0 Å². The number of hydrogen-bond donors (Lipinski definition) is 2. The number of aromatic amines is 1. The molecule has 7 heteroatoms. The summed E-state index contributed by atoms with van der Waals surface area (Å²) in [5.74, 6) is 0.0434. The van der Waals surface area contributed by atoms with Gasteiger partial charge in [0.2, 0.25) is 5.95 Å². The average Bonchev–Trinajstić information content (AvgIpc) is 2.44. The van der Waals surface area contributed by atoms with Gasteiger partial charge in [-0.15, -0.1) is 0 Å². The summed E-state index contributed by atoms with van der Waals surface area (Å²) in [6, 6.07) is 6.92. The number of nitrogen functional groups attached to an aromatic ring is 1. The van der Waals surface area contributed by atoms with Gasteiger partial charge in [0.25, 0.3) is 5.56 Å². The van der Waals surface area contributed by atoms with Crippen LogP contribution in [-0.4, -0.2) is 15.0 Å². The average molecular weight is 333 g/mol. The molecule has 0 radical (unpaired) electrons. The second-order valence-electron chi connectivity index (χ2n) is 4.63. The zero-order valence-electron chi connectivity index (χ0n) is 11.2. The smallest absolute Gasteiger partial charge is 0.261 e. The molecule has 0 atom stereocenters. The van der Waals surface area contributed by atoms with E-state index in [1.165, 1.54) is 0 Å². The van der Waals surface area contributed by atoms with Crippen LogP contribution in [0.1, 0.15) is 11.1 Å². The monoisotopic (exact) mass is 332 g/mol. The molecule has 0 fully saturated rings. The number of pyridine rings is 1. The lowest BCUT2D eigenvalue weighted by atomic mass is 10.1. The molecular weight excluding hydrogens is 323 g/mol. The first-order chi connectivity index (χ1) is 10.5. The van der Waals surface area contributed by atoms with E-state index in [9.17, 15) is 4.79 Å². The Hall–Kier alpha value is -2.37. The highest BCUT2D eigenvalue weighted by molar-refractivity contribution is 6.34. The van der Waals surface area contributed by atoms with Crippen molar-refractivity contribution >= 4 is 52.3 Å². The summed E-state index contributed by atoms with van der Waals surface area (Å²) in [6.07, 6.45) is 5.25. The maximum Gasteiger partial charge on any atom is 0.261 e. The summed E-state index contributed by atoms with van der Waals surface area (Å²) in [5, 5.41) is 1.49. The summed E-state index contributed by atoms with van der Waals surface area (Å²) >= 11 is 11.9. The molecule has 5 nitrogen and oxygen atoms in total. The van der Waals surface area contributed by atoms with E-state index in [1.54, 1.807) is 30.5 Å². The standard InChI is InChI=1S/C15H10Cl2N4O/c16-10-3-8(4-11(17)6-10)1-2-9-5-12-13(19-7-9)20-15(18)21-14(12)22/h1-7H,(H3,18,19,20,21,22)/b2-1+. The number of benzene rings is 1. The Bertz CT molecular complexity index is 930. The zero-order valence-corrected chi connectivity index (χ0v) is 12.7. The van der Waals surface area contributed by atoms with Crippen LogP contribution in [0.25, 0.3) is 23.2 Å². The molecule has 3 rings (SSSR count). The number of nitrogens with one attached hydrogen (secondary N) is 1. The van der Waals surface area contributed by atoms with Gasteiger partial charge in [0.05, 0.1) is 5.39 Å². The SMILES string of the molecule is Nc1nc2ncc(/C=C/c3cc(Cl)cc(Cl)c3)cc2c(=O)[nH]1. The lowest BCUT2D eigenvalue weighted by Crippen LogP contribution is -2.11. The van der Waals surface area contributed by atoms with Crippen LogP contribution in [0, 0.1) is 0 Å². The fourth-order valence-corrected chi connectivity index (χ4v) is 2.55. The van der Waals surface area contributed by atoms with Crippen molar-refractivity contribution in [1.29, 1.82) is 0 Å². The summed E-state index contributed by atoms with van der Waals surface area (Å²) in [7, 11) is 0. The van der Waals surface area contributed by atoms with Gasteiger partial charge in [-0.2, -0.15) is 4.98 Å². The molecule has 0 unspecified atom stereocenters. The van der Waals surface area contributed by atoms with Gasteiger partial charge >= 0.3 is 0 Å². The summed E-state index contributed by atoms with van der Waals surface area (Å²) in [5.41, 5.74) is 7.07. The lowest BCUT2D eigenvalue weighted by Gasteiger charge is -2.00. The molecule has 3 N–H and O–H groups in total. The zero-order chi connectivity index (χ0) is 15.7. The minimum absolute atomic E-state index is 0.0434. The summed E-state index contributed by atoms with van der Waals surface area (Å²) < 4.78 is 0. The maximum absolute atomic E-state index is 11.8. The highest BCUT2D eigenvalue weighted by atomic mass is 35.5. The molecule has 1 aromatic carbocycles. The number of aromatic nitrogens is 3. The molecule has 2 aromatic heterocycles. The molecule has 0 amide bonds. The van der Waals surface area contributed by atoms with Crippen LogP contribution in [-0.2, 0) is 0 Å². The number of halogens is 2. The Morgan fingerprint density at radius 3 is 2.45 bits per heavy atom. The van der Waals surface area contributed by atoms with Gasteiger partial charge in [-0.1, -0.05) is 35.4 Å². The Balaban J connectivity index is 2.00. The number of rotatable bonds is 2. The lowest BCUT2D eigenvalue weighted by molar-refractivity contribution is 1.16. The summed E-state index contributed by atoms with van der Waals surface area (Å²) in [4.78, 5) is 22.4. The third-order valence-corrected chi connectivity index (χ3v) is 3.39. The van der Waals surface area contributed by atoms with Gasteiger partial charge in [0, 0.05) is 16.2 Å². The maximum atomic E-state index is 11.8. The fourth-order valence-electron chi connectivity index (χ4n) is 2.01. The third kappa shape index (κ3) is 3.10. The summed E-state index contributed by atoms with van der Waals surface area (Å²) in [6.45, 7) is 0. The van der Waals surface area contributed by atoms with Crippen LogP contribution < -0.4 is 11.3 Å². The van der Waals surface area contributed by atoms with E-state index < -0.39 is 0 Å². The van der Waals surface area contributed by atoms with Gasteiger partial charge in [0.15, 0.2) is 5.65 Å². The molecular formula is C15H10Cl2N4O. The van der Waals surface area contributed by atoms with Gasteiger partial charge in [0.1, 0.15) is 0 Å². The van der Waals surface area contributed by atoms with Crippen molar-refractivity contribution in [3.05, 3.63) is 62.0 Å². The Morgan fingerprint density at radius 2 is 1.73 bits per heavy atom. The predicted molar refractivity (Wildman–Crippen MR) is 90.0 cm³/mol. The van der Waals surface area contributed by atoms with E-state index in [1.807, 2.05) is 12.2 Å². The first-order valence-corrected chi connectivity index (χ1v) is 7.06. The van der Waals surface area contributed by atoms with Gasteiger partial charge in [-0.05, 0) is 35.4 Å². The van der Waals surface area contributed by atoms with Gasteiger partial charge < -0.3 is 5.73 Å². The van der Waals surface area contributed by atoms with Crippen molar-refractivity contribution in [2.24, 2.45) is 0 Å². The molecule has 0 aliphatic rings. The number of H-pyrrole nitrogens is 1. The molecule has 22 heavy (non-hydrogen) atoms. The second-order valence-corrected chi connectivity index (χ2v) is 5.50. The molecule has 2 heterocycles. The first kappa shape index (κ1) is 14.6. The number of nitrogens with zero attached hydrogens (tertiary/aromatic N) is 2. The Morgan fingerprint density at radius 1 is 1.05 bits per heavy atom. The Kier molecular flexibility index (Phi) is 3.83. The van der Waals surface area contributed by atoms with Crippen molar-refractivity contribution in [3.8, 4) is 0 Å². The molecule has 0 aliphatic heterocycles. The molecule has 0 saturated carbocycles. The van der Waals surface area contributed by atoms with Gasteiger partial charge in [-0.25, -0.2) is 4.98 Å². The van der Waals surface area contributed by atoms with Crippen molar-refractivity contribution in [1.82, 2.24) is 15.0 Å². The van der Waals surface area contributed by atoms with Crippen molar-refractivity contribution in [3.63, 3.8) is 0 Å². The molecule has 0 spiro atoms. The van der Waals surface area contributed by atoms with Crippen LogP contribution in [0.2, 0.25) is 10.0 Å². The molecule has 3 aromatic rings. The van der Waals surface area contributed by atoms with E-state index in [2.05, 4.69) is 15.0 Å². The molecule has 0 saturated heterocycles. The second kappa shape index (κ2) is 5.79. The van der Waals surface area contributed by atoms with E-state index >= 15 is 0 Å². The van der Waals surface area contributed by atoms with Crippen LogP contribution in [0.5, 0.6) is 0 Å². The minimum Gasteiger partial charge on any atom is -0.369 e. The van der Waals surface area contributed by atoms with E-state index in [-0.39, 0.29) is 11.5 Å². The van der Waals surface area contributed by atoms with Crippen molar-refractivity contribution in [2.75, 3.05) is 5.73 Å². The van der Waals surface area contributed by atoms with Gasteiger partial charge in [-0.3, -0.25) is 9.78 Å². The largest absolute Gasteiger partial charge is 0.369 e. The minimum atomic E-state index is -0.323. The number of anilines is 1. The quantitative estimate of drug-likeness (QED) is 0.753. The molecule has 110 valence electrons. The number of fused-ring (bicyclic) bond motifs is 1. The van der Waals surface area contributed by atoms with Crippen LogP contribution in [0.4, 0.5) is 5.95 Å². The Labute approximate surface area is 135 Å². The van der Waals surface area contributed by atoms with Crippen LogP contribution in [0.15, 0.2) is 35.3 Å². The first-order valence-electron chi connectivity index (χ1n) is 6.31. The van der Waals surface area contributed by atoms with Crippen LogP contribution >= 0.6 is 23.2 Å². The molecule has 0 bridgehead atoms. The van der Waals surface area contributed by atoms with Crippen molar-refractivity contribution < 1.29 is 0 Å². The number of hydrogen-bond acceptors (Lipinski definition) is 4. The van der Waals surface area contributed by atoms with E-state index in [0.717, 1.165) is 11.1 Å². The predicted octanol–water partition coefficient (Wildman–Crippen LogP) is 3.38. The normalized spacial score (nSPS) is 11.4.